The summed E-state index contributed by atoms with van der Waals surface area (Å²) >= 11 is 3.63. The van der Waals surface area contributed by atoms with E-state index < -0.39 is 31.6 Å². The van der Waals surface area contributed by atoms with Crippen LogP contribution in [0.1, 0.15) is 73.8 Å². The summed E-state index contributed by atoms with van der Waals surface area (Å²) in [5.41, 5.74) is 3.14. The number of fused-ring (bicyclic) bond motifs is 2. The van der Waals surface area contributed by atoms with Gasteiger partial charge in [0, 0.05) is 52.9 Å². The molecule has 1 unspecified atom stereocenters. The molecule has 3 aliphatic rings. The Kier molecular flexibility index (Phi) is 10.5. The summed E-state index contributed by atoms with van der Waals surface area (Å²) in [4.78, 5) is 31.4. The molecule has 4 heterocycles. The lowest BCUT2D eigenvalue weighted by Gasteiger charge is -2.31. The van der Waals surface area contributed by atoms with Gasteiger partial charge in [-0.15, -0.1) is 5.10 Å². The lowest BCUT2D eigenvalue weighted by Crippen LogP contribution is -2.45. The number of aromatic nitrogens is 3. The van der Waals surface area contributed by atoms with Gasteiger partial charge in [-0.1, -0.05) is 83.4 Å². The number of aryl methyl sites for hydroxylation is 1. The van der Waals surface area contributed by atoms with Crippen molar-refractivity contribution in [1.29, 1.82) is 0 Å². The van der Waals surface area contributed by atoms with Crippen LogP contribution < -0.4 is 9.80 Å². The normalized spacial score (nSPS) is 24.3. The maximum absolute atomic E-state index is 16.4. The monoisotopic (exact) mass is 787 g/mol. The molecule has 52 heavy (non-hydrogen) atoms. The van der Waals surface area contributed by atoms with Crippen LogP contribution in [0.4, 0.5) is 15.5 Å². The zero-order chi connectivity index (χ0) is 36.6. The summed E-state index contributed by atoms with van der Waals surface area (Å²) in [7, 11) is -3.36. The Bertz CT molecular complexity index is 1900. The fourth-order valence-electron chi connectivity index (χ4n) is 8.74. The highest BCUT2D eigenvalue weighted by molar-refractivity contribution is 9.10. The lowest BCUT2D eigenvalue weighted by atomic mass is 9.82. The number of benzene rings is 3. The summed E-state index contributed by atoms with van der Waals surface area (Å²) in [6.07, 6.45) is 6.45. The van der Waals surface area contributed by atoms with E-state index in [2.05, 4.69) is 26.2 Å². The number of halogens is 2. The van der Waals surface area contributed by atoms with Crippen LogP contribution in [0.3, 0.4) is 0 Å². The largest absolute Gasteiger partial charge is 0.395 e. The Labute approximate surface area is 314 Å². The highest BCUT2D eigenvalue weighted by Crippen LogP contribution is 2.60. The van der Waals surface area contributed by atoms with E-state index in [0.717, 1.165) is 58.2 Å². The van der Waals surface area contributed by atoms with Crippen molar-refractivity contribution in [1.82, 2.24) is 15.0 Å². The van der Waals surface area contributed by atoms with Crippen molar-refractivity contribution < 1.29 is 23.5 Å². The van der Waals surface area contributed by atoms with Crippen LogP contribution in [-0.4, -0.2) is 59.6 Å². The van der Waals surface area contributed by atoms with Crippen molar-refractivity contribution in [3.05, 3.63) is 106 Å². The van der Waals surface area contributed by atoms with Crippen LogP contribution in [0.15, 0.2) is 83.5 Å². The topological polar surface area (TPSA) is 101 Å². The van der Waals surface area contributed by atoms with E-state index in [4.69, 9.17) is 4.74 Å². The highest BCUT2D eigenvalue weighted by Gasteiger charge is 2.66. The predicted octanol–water partition coefficient (Wildman–Crippen LogP) is 7.87. The number of hydrogen-bond donors (Lipinski definition) is 1. The first-order valence-corrected chi connectivity index (χ1v) is 22.2. The first-order chi connectivity index (χ1) is 25.0. The maximum Gasteiger partial charge on any atom is 0.264 e. The number of carbonyl (C=O) groups is 2. The van der Waals surface area contributed by atoms with Crippen molar-refractivity contribution in [2.24, 2.45) is 5.92 Å². The Morgan fingerprint density at radius 1 is 1.04 bits per heavy atom. The minimum atomic E-state index is -3.36. The molecule has 7 rings (SSSR count). The van der Waals surface area contributed by atoms with Crippen LogP contribution >= 0.6 is 15.9 Å². The Morgan fingerprint density at radius 2 is 1.79 bits per heavy atom. The van der Waals surface area contributed by atoms with Gasteiger partial charge in [-0.25, -0.2) is 0 Å². The Hall–Kier alpha value is -3.71. The average Bonchev–Trinajstić information content (AvgIpc) is 3.77. The van der Waals surface area contributed by atoms with Crippen LogP contribution in [0, 0.1) is 5.92 Å². The molecule has 0 radical (unpaired) electrons. The van der Waals surface area contributed by atoms with Gasteiger partial charge in [0.1, 0.15) is 0 Å². The van der Waals surface area contributed by atoms with Gasteiger partial charge in [0.15, 0.2) is 5.60 Å². The summed E-state index contributed by atoms with van der Waals surface area (Å²) in [5.74, 6) is -0.747. The first kappa shape index (κ1) is 36.6. The summed E-state index contributed by atoms with van der Waals surface area (Å²) < 4.78 is 25.9. The molecule has 0 aliphatic carbocycles. The third-order valence-electron chi connectivity index (χ3n) is 11.3. The quantitative estimate of drug-likeness (QED) is 0.130. The van der Waals surface area contributed by atoms with Gasteiger partial charge in [0.05, 0.1) is 36.6 Å². The van der Waals surface area contributed by atoms with Gasteiger partial charge in [0.2, 0.25) is 14.3 Å². The molecule has 4 aromatic rings. The molecular formula is C40H47BrFN5O4Si. The standard InChI is InChI=1S/C40H47BrFN5O4Si/c1-27-38(52(2,3)42)36(20-22-45-25-34(43-44-45)32(26-48)29-11-7-6-8-12-29)51-40(27)33-23-30(41)16-19-35(33)47(39(40)50)24-28-14-17-31(18-15-28)46-21-10-5-4-9-13-37(46)49/h6-8,11-12,14-19,23,25,27,32,36,38,48H,4-5,9-10,13,20-22,24,26H2,1-3H3/t27-,32?,36+,38-,40+/m1/s1. The molecule has 2 saturated heterocycles. The van der Waals surface area contributed by atoms with Gasteiger partial charge in [-0.3, -0.25) is 14.3 Å². The number of carbonyl (C=O) groups excluding carboxylic acids is 2. The zero-order valence-electron chi connectivity index (χ0n) is 30.0. The van der Waals surface area contributed by atoms with Crippen LogP contribution in [-0.2, 0) is 33.0 Å². The summed E-state index contributed by atoms with van der Waals surface area (Å²) in [5, 5.41) is 18.9. The lowest BCUT2D eigenvalue weighted by molar-refractivity contribution is -0.146. The SMILES string of the molecule is C[C@@H]1[C@@H]([Si](C)(C)F)[C@H](CCn2cc(C(CO)c3ccccc3)nn2)O[C@@]12C(=O)N(Cc1ccc(N3CCCCCCC3=O)cc1)c1ccc(Br)cc12. The predicted molar refractivity (Wildman–Crippen MR) is 205 cm³/mol. The van der Waals surface area contributed by atoms with E-state index in [1.807, 2.05) is 90.8 Å². The van der Waals surface area contributed by atoms with Crippen molar-refractivity contribution >= 4 is 47.5 Å². The fourth-order valence-corrected chi connectivity index (χ4v) is 11.6. The van der Waals surface area contributed by atoms with Crippen LogP contribution in [0.25, 0.3) is 0 Å². The molecule has 1 N–H and O–H groups in total. The molecule has 1 aromatic heterocycles. The van der Waals surface area contributed by atoms with E-state index in [9.17, 15) is 14.7 Å². The smallest absolute Gasteiger partial charge is 0.264 e. The number of aliphatic hydroxyl groups is 1. The number of ether oxygens (including phenoxy) is 1. The van der Waals surface area contributed by atoms with Gasteiger partial charge in [-0.2, -0.15) is 0 Å². The number of rotatable bonds is 10. The van der Waals surface area contributed by atoms with E-state index >= 15 is 4.11 Å². The Morgan fingerprint density at radius 3 is 2.52 bits per heavy atom. The molecule has 0 saturated carbocycles. The van der Waals surface area contributed by atoms with Gasteiger partial charge >= 0.3 is 0 Å². The van der Waals surface area contributed by atoms with E-state index in [-0.39, 0.29) is 24.3 Å². The molecular weight excluding hydrogens is 741 g/mol. The highest BCUT2D eigenvalue weighted by atomic mass is 79.9. The summed E-state index contributed by atoms with van der Waals surface area (Å²) in [6.45, 7) is 6.74. The fraction of sp³-hybridized carbons (Fsp3) is 0.450. The molecule has 274 valence electrons. The molecule has 9 nitrogen and oxygen atoms in total. The van der Waals surface area contributed by atoms with Crippen molar-refractivity contribution in [3.63, 3.8) is 0 Å². The molecule has 1 spiro atoms. The second-order valence-corrected chi connectivity index (χ2v) is 19.8. The molecule has 12 heteroatoms. The molecule has 0 bridgehead atoms. The Balaban J connectivity index is 1.14. The molecule has 2 amide bonds. The first-order valence-electron chi connectivity index (χ1n) is 18.4. The molecule has 5 atom stereocenters. The maximum atomic E-state index is 16.4. The number of amides is 2. The van der Waals surface area contributed by atoms with E-state index in [1.165, 1.54) is 0 Å². The number of hydrogen-bond acceptors (Lipinski definition) is 6. The van der Waals surface area contributed by atoms with Gasteiger partial charge in [0.25, 0.3) is 5.91 Å². The molecule has 3 aromatic carbocycles. The van der Waals surface area contributed by atoms with Gasteiger partial charge < -0.3 is 23.8 Å². The van der Waals surface area contributed by atoms with Crippen LogP contribution in [0.2, 0.25) is 18.6 Å². The molecule has 2 fully saturated rings. The molecule has 3 aliphatic heterocycles. The minimum Gasteiger partial charge on any atom is -0.395 e. The van der Waals surface area contributed by atoms with E-state index in [0.29, 0.717) is 38.2 Å². The minimum absolute atomic E-state index is 0.103. The second-order valence-electron chi connectivity index (χ2n) is 15.0. The third kappa shape index (κ3) is 6.90. The summed E-state index contributed by atoms with van der Waals surface area (Å²) in [6, 6.07) is 23.5. The third-order valence-corrected chi connectivity index (χ3v) is 14.2. The second kappa shape index (κ2) is 15.0. The van der Waals surface area contributed by atoms with Gasteiger partial charge in [-0.05, 0) is 73.8 Å². The van der Waals surface area contributed by atoms with Crippen molar-refractivity contribution in [2.75, 3.05) is 23.0 Å². The van der Waals surface area contributed by atoms with Crippen molar-refractivity contribution in [3.8, 4) is 0 Å². The van der Waals surface area contributed by atoms with E-state index in [1.54, 1.807) is 22.7 Å². The van der Waals surface area contributed by atoms with Crippen LogP contribution in [0.5, 0.6) is 0 Å². The number of aliphatic hydroxyl groups excluding tert-OH is 1. The zero-order valence-corrected chi connectivity index (χ0v) is 32.6. The number of nitrogens with zero attached hydrogens (tertiary/aromatic N) is 5. The average molecular weight is 789 g/mol. The van der Waals surface area contributed by atoms with Crippen molar-refractivity contribution in [2.45, 2.75) is 94.8 Å². The number of anilines is 2.